The molecule has 0 radical (unpaired) electrons. The average molecular weight is 582 g/mol. The zero-order valence-corrected chi connectivity index (χ0v) is 22.4. The number of amides is 2. The number of aliphatic hydroxyl groups is 1. The van der Waals surface area contributed by atoms with Crippen LogP contribution in [0.3, 0.4) is 0 Å². The molecule has 15 heteroatoms. The van der Waals surface area contributed by atoms with Crippen LogP contribution in [0.25, 0.3) is 10.4 Å². The molecule has 3 rings (SSSR count). The molecular formula is C24H29F6N5O3S. The zero-order valence-electron chi connectivity index (χ0n) is 21.6. The Morgan fingerprint density at radius 3 is 2.41 bits per heavy atom. The first-order chi connectivity index (χ1) is 17.9. The van der Waals surface area contributed by atoms with Gasteiger partial charge in [-0.25, -0.2) is 9.97 Å². The number of aromatic nitrogens is 2. The van der Waals surface area contributed by atoms with E-state index in [1.807, 2.05) is 5.32 Å². The van der Waals surface area contributed by atoms with Crippen LogP contribution in [0.5, 0.6) is 0 Å². The number of nitrogens with one attached hydrogen (secondary N) is 2. The van der Waals surface area contributed by atoms with Crippen molar-refractivity contribution in [2.75, 3.05) is 18.4 Å². The number of carbonyl (C=O) groups is 2. The molecule has 0 bridgehead atoms. The Balaban J connectivity index is 2.12. The van der Waals surface area contributed by atoms with Crippen LogP contribution < -0.4 is 10.6 Å². The van der Waals surface area contributed by atoms with E-state index in [0.29, 0.717) is 36.8 Å². The van der Waals surface area contributed by atoms with Gasteiger partial charge in [-0.05, 0) is 46.1 Å². The molecule has 2 aromatic rings. The minimum atomic E-state index is -5.04. The normalized spacial score (nSPS) is 17.3. The molecule has 0 saturated carbocycles. The summed E-state index contributed by atoms with van der Waals surface area (Å²) in [6.45, 7) is 6.03. The fourth-order valence-corrected chi connectivity index (χ4v) is 5.03. The lowest BCUT2D eigenvalue weighted by atomic mass is 10.1. The average Bonchev–Trinajstić information content (AvgIpc) is 3.45. The summed E-state index contributed by atoms with van der Waals surface area (Å²) in [5.41, 5.74) is -3.62. The standard InChI is InChI=1S/C24H29F6N5O3S/c1-5-15(24(28,29)30)33-16-9-14(23(25,26)27)13(10-31-16)18-17(21(37)35-8-6-7-12(35)2)34-20(39-18)19(36)32-11-22(3,4)38/h9-10,12,15,38H,5-8,11H2,1-4H3,(H,31,33)(H,32,36)/t12-,15?/m0/s1. The van der Waals surface area contributed by atoms with Gasteiger partial charge in [-0.1, -0.05) is 6.92 Å². The second-order valence-electron chi connectivity index (χ2n) is 9.94. The third-order valence-corrected chi connectivity index (χ3v) is 7.19. The number of nitrogens with zero attached hydrogens (tertiary/aromatic N) is 3. The van der Waals surface area contributed by atoms with E-state index in [2.05, 4.69) is 15.3 Å². The molecule has 39 heavy (non-hydrogen) atoms. The molecular weight excluding hydrogens is 552 g/mol. The van der Waals surface area contributed by atoms with Crippen LogP contribution in [0.2, 0.25) is 0 Å². The SMILES string of the molecule is CCC(Nc1cc(C(F)(F)F)c(-c2sc(C(=O)NCC(C)(C)O)nc2C(=O)N2CCC[C@@H]2C)cn1)C(F)(F)F. The van der Waals surface area contributed by atoms with Crippen LogP contribution in [0.1, 0.15) is 72.8 Å². The van der Waals surface area contributed by atoms with E-state index in [1.54, 1.807) is 6.92 Å². The second kappa shape index (κ2) is 11.3. The predicted molar refractivity (Wildman–Crippen MR) is 132 cm³/mol. The molecule has 0 spiro atoms. The number of alkyl halides is 6. The molecule has 8 nitrogen and oxygen atoms in total. The first kappa shape index (κ1) is 30.6. The van der Waals surface area contributed by atoms with Crippen LogP contribution in [-0.4, -0.2) is 68.7 Å². The van der Waals surface area contributed by atoms with E-state index >= 15 is 0 Å². The number of carbonyl (C=O) groups excluding carboxylic acids is 2. The van der Waals surface area contributed by atoms with Gasteiger partial charge in [-0.15, -0.1) is 11.3 Å². The van der Waals surface area contributed by atoms with Crippen molar-refractivity contribution in [3.63, 3.8) is 0 Å². The van der Waals surface area contributed by atoms with Crippen LogP contribution in [-0.2, 0) is 6.18 Å². The lowest BCUT2D eigenvalue weighted by Gasteiger charge is -2.22. The summed E-state index contributed by atoms with van der Waals surface area (Å²) in [4.78, 5) is 35.1. The fourth-order valence-electron chi connectivity index (χ4n) is 4.03. The maximum absolute atomic E-state index is 14.2. The van der Waals surface area contributed by atoms with Gasteiger partial charge in [0.1, 0.15) is 17.6 Å². The molecule has 3 heterocycles. The summed E-state index contributed by atoms with van der Waals surface area (Å²) >= 11 is 0.526. The summed E-state index contributed by atoms with van der Waals surface area (Å²) in [7, 11) is 0. The third-order valence-electron chi connectivity index (χ3n) is 6.10. The van der Waals surface area contributed by atoms with Gasteiger partial charge >= 0.3 is 12.4 Å². The van der Waals surface area contributed by atoms with Crippen molar-refractivity contribution in [1.29, 1.82) is 0 Å². The first-order valence-corrected chi connectivity index (χ1v) is 13.0. The molecule has 3 N–H and O–H groups in total. The highest BCUT2D eigenvalue weighted by Crippen LogP contribution is 2.42. The van der Waals surface area contributed by atoms with Gasteiger partial charge in [0.25, 0.3) is 11.8 Å². The molecule has 2 atom stereocenters. The van der Waals surface area contributed by atoms with Gasteiger partial charge in [-0.3, -0.25) is 9.59 Å². The predicted octanol–water partition coefficient (Wildman–Crippen LogP) is 5.10. The molecule has 1 unspecified atom stereocenters. The minimum Gasteiger partial charge on any atom is -0.389 e. The van der Waals surface area contributed by atoms with E-state index in [0.717, 1.165) is 6.20 Å². The van der Waals surface area contributed by atoms with Crippen molar-refractivity contribution in [3.05, 3.63) is 28.5 Å². The monoisotopic (exact) mass is 581 g/mol. The van der Waals surface area contributed by atoms with Gasteiger partial charge in [0.2, 0.25) is 0 Å². The van der Waals surface area contributed by atoms with E-state index in [-0.39, 0.29) is 22.5 Å². The van der Waals surface area contributed by atoms with Gasteiger partial charge in [-0.2, -0.15) is 26.3 Å². The molecule has 2 amide bonds. The number of likely N-dealkylation sites (tertiary alicyclic amines) is 1. The van der Waals surface area contributed by atoms with Crippen molar-refractivity contribution in [1.82, 2.24) is 20.2 Å². The Kier molecular flexibility index (Phi) is 8.85. The number of thiazole rings is 1. The zero-order chi connectivity index (χ0) is 29.3. The molecule has 1 saturated heterocycles. The molecule has 216 valence electrons. The van der Waals surface area contributed by atoms with Crippen LogP contribution in [0.15, 0.2) is 12.3 Å². The molecule has 2 aromatic heterocycles. The second-order valence-corrected chi connectivity index (χ2v) is 10.9. The van der Waals surface area contributed by atoms with E-state index in [4.69, 9.17) is 0 Å². The van der Waals surface area contributed by atoms with E-state index < -0.39 is 64.9 Å². The highest BCUT2D eigenvalue weighted by Gasteiger charge is 2.41. The molecule has 1 aliphatic rings. The molecule has 1 fully saturated rings. The smallest absolute Gasteiger partial charge is 0.389 e. The van der Waals surface area contributed by atoms with Crippen molar-refractivity contribution >= 4 is 29.0 Å². The van der Waals surface area contributed by atoms with E-state index in [1.165, 1.54) is 25.7 Å². The number of hydrogen-bond acceptors (Lipinski definition) is 7. The summed E-state index contributed by atoms with van der Waals surface area (Å²) < 4.78 is 82.2. The maximum atomic E-state index is 14.2. The molecule has 0 aromatic carbocycles. The maximum Gasteiger partial charge on any atom is 0.417 e. The Morgan fingerprint density at radius 1 is 1.23 bits per heavy atom. The number of pyridine rings is 1. The van der Waals surface area contributed by atoms with Crippen molar-refractivity contribution < 1.29 is 41.0 Å². The molecule has 0 aliphatic carbocycles. The topological polar surface area (TPSA) is 107 Å². The van der Waals surface area contributed by atoms with Gasteiger partial charge in [0, 0.05) is 30.9 Å². The van der Waals surface area contributed by atoms with Crippen molar-refractivity contribution in [2.24, 2.45) is 0 Å². The Bertz CT molecular complexity index is 1210. The summed E-state index contributed by atoms with van der Waals surface area (Å²) in [5.74, 6) is -2.14. The number of hydrogen-bond donors (Lipinski definition) is 3. The Labute approximate surface area is 224 Å². The molecule has 1 aliphatic heterocycles. The van der Waals surface area contributed by atoms with Crippen LogP contribution in [0.4, 0.5) is 32.2 Å². The quantitative estimate of drug-likeness (QED) is 0.375. The summed E-state index contributed by atoms with van der Waals surface area (Å²) in [6.07, 6.45) is -8.12. The van der Waals surface area contributed by atoms with E-state index in [9.17, 15) is 41.0 Å². The van der Waals surface area contributed by atoms with Gasteiger partial charge < -0.3 is 20.6 Å². The van der Waals surface area contributed by atoms with Crippen LogP contribution >= 0.6 is 11.3 Å². The highest BCUT2D eigenvalue weighted by atomic mass is 32.1. The third kappa shape index (κ3) is 7.38. The highest BCUT2D eigenvalue weighted by molar-refractivity contribution is 7.17. The Hall–Kier alpha value is -2.94. The lowest BCUT2D eigenvalue weighted by Crippen LogP contribution is -2.38. The number of rotatable bonds is 8. The number of anilines is 1. The van der Waals surface area contributed by atoms with Crippen molar-refractivity contribution in [3.8, 4) is 10.4 Å². The van der Waals surface area contributed by atoms with Crippen molar-refractivity contribution in [2.45, 2.75) is 77.0 Å². The minimum absolute atomic E-state index is 0.194. The first-order valence-electron chi connectivity index (χ1n) is 12.2. The largest absolute Gasteiger partial charge is 0.417 e. The fraction of sp³-hybridized carbons (Fsp3) is 0.583. The summed E-state index contributed by atoms with van der Waals surface area (Å²) in [5, 5.41) is 14.0. The number of halogens is 6. The Morgan fingerprint density at radius 2 is 1.90 bits per heavy atom. The van der Waals surface area contributed by atoms with Crippen LogP contribution in [0, 0.1) is 0 Å². The lowest BCUT2D eigenvalue weighted by molar-refractivity contribution is -0.142. The summed E-state index contributed by atoms with van der Waals surface area (Å²) in [6, 6.07) is -1.88. The van der Waals surface area contributed by atoms with Gasteiger partial charge in [0.15, 0.2) is 5.01 Å². The van der Waals surface area contributed by atoms with Gasteiger partial charge in [0.05, 0.1) is 16.0 Å².